The lowest BCUT2D eigenvalue weighted by Gasteiger charge is -2.26. The summed E-state index contributed by atoms with van der Waals surface area (Å²) < 4.78 is 0. The first-order valence-electron chi connectivity index (χ1n) is 11.5. The number of carbonyl (C=O) groups excluding carboxylic acids is 3. The summed E-state index contributed by atoms with van der Waals surface area (Å²) in [6.45, 7) is 3.63. The van der Waals surface area contributed by atoms with Gasteiger partial charge in [0.1, 0.15) is 18.1 Å². The van der Waals surface area contributed by atoms with Gasteiger partial charge in [-0.1, -0.05) is 13.8 Å². The number of nitrogens with one attached hydrogen (secondary N) is 3. The molecule has 3 amide bonds. The van der Waals surface area contributed by atoms with Crippen LogP contribution >= 0.6 is 0 Å². The maximum Gasteiger partial charge on any atom is 0.326 e. The Morgan fingerprint density at radius 1 is 0.784 bits per heavy atom. The SMILES string of the molecule is CC(C)CC(NC(=O)C(N)CC(=O)O)C(=O)NC(CCCN=C(N)N)C(=O)NC(CCC(=O)O)C(=O)O. The summed E-state index contributed by atoms with van der Waals surface area (Å²) in [5.74, 6) is -6.88. The fraction of sp³-hybridized carbons (Fsp3) is 0.667. The highest BCUT2D eigenvalue weighted by Gasteiger charge is 2.31. The van der Waals surface area contributed by atoms with Crippen LogP contribution in [0.4, 0.5) is 0 Å². The molecular formula is C21H37N7O9. The molecule has 0 saturated carbocycles. The Balaban J connectivity index is 5.67. The molecular weight excluding hydrogens is 494 g/mol. The Kier molecular flexibility index (Phi) is 14.9. The smallest absolute Gasteiger partial charge is 0.326 e. The molecule has 0 saturated heterocycles. The number of rotatable bonds is 18. The second-order valence-electron chi connectivity index (χ2n) is 8.74. The maximum absolute atomic E-state index is 13.0. The molecule has 0 aromatic rings. The van der Waals surface area contributed by atoms with Gasteiger partial charge in [0.25, 0.3) is 0 Å². The van der Waals surface area contributed by atoms with Crippen LogP contribution in [-0.2, 0) is 28.8 Å². The number of nitrogens with zero attached hydrogens (tertiary/aromatic N) is 1. The second-order valence-corrected chi connectivity index (χ2v) is 8.74. The summed E-state index contributed by atoms with van der Waals surface area (Å²) in [6.07, 6.45) is -1.27. The molecule has 0 aliphatic carbocycles. The number of guanidine groups is 1. The average molecular weight is 532 g/mol. The van der Waals surface area contributed by atoms with Gasteiger partial charge >= 0.3 is 17.9 Å². The van der Waals surface area contributed by atoms with Crippen LogP contribution in [0.2, 0.25) is 0 Å². The van der Waals surface area contributed by atoms with E-state index in [1.54, 1.807) is 13.8 Å². The van der Waals surface area contributed by atoms with Crippen molar-refractivity contribution in [3.63, 3.8) is 0 Å². The lowest BCUT2D eigenvalue weighted by Crippen LogP contribution is -2.57. The highest BCUT2D eigenvalue weighted by atomic mass is 16.4. The molecule has 0 fully saturated rings. The number of carboxylic acids is 3. The van der Waals surface area contributed by atoms with Crippen molar-refractivity contribution in [1.82, 2.24) is 16.0 Å². The van der Waals surface area contributed by atoms with Gasteiger partial charge < -0.3 is 48.5 Å². The van der Waals surface area contributed by atoms with Gasteiger partial charge in [-0.3, -0.25) is 29.0 Å². The number of hydrogen-bond donors (Lipinski definition) is 9. The average Bonchev–Trinajstić information content (AvgIpc) is 2.76. The summed E-state index contributed by atoms with van der Waals surface area (Å²) in [5, 5.41) is 34.0. The molecule has 16 nitrogen and oxygen atoms in total. The second kappa shape index (κ2) is 16.7. The molecule has 0 aromatic heterocycles. The van der Waals surface area contributed by atoms with E-state index in [0.29, 0.717) is 0 Å². The van der Waals surface area contributed by atoms with E-state index in [1.807, 2.05) is 0 Å². The topological polar surface area (TPSA) is 290 Å². The molecule has 0 radical (unpaired) electrons. The van der Waals surface area contributed by atoms with Gasteiger partial charge in [-0.05, 0) is 31.6 Å². The van der Waals surface area contributed by atoms with Crippen LogP contribution in [-0.4, -0.2) is 87.6 Å². The minimum Gasteiger partial charge on any atom is -0.481 e. The van der Waals surface area contributed by atoms with E-state index in [0.717, 1.165) is 0 Å². The fourth-order valence-electron chi connectivity index (χ4n) is 3.10. The molecule has 4 unspecified atom stereocenters. The number of hydrogen-bond acceptors (Lipinski definition) is 8. The van der Waals surface area contributed by atoms with Crippen molar-refractivity contribution >= 4 is 41.6 Å². The van der Waals surface area contributed by atoms with Crippen LogP contribution in [0.5, 0.6) is 0 Å². The minimum atomic E-state index is -1.53. The van der Waals surface area contributed by atoms with Crippen LogP contribution in [0.25, 0.3) is 0 Å². The molecule has 12 N–H and O–H groups in total. The molecule has 0 aliphatic rings. The van der Waals surface area contributed by atoms with Crippen LogP contribution < -0.4 is 33.2 Å². The molecule has 210 valence electrons. The number of carboxylic acid groups (broad SMARTS) is 3. The first kappa shape index (κ1) is 33.0. The standard InChI is InChI=1S/C21H37N7O9/c1-10(2)8-14(28-17(33)11(22)9-16(31)32)19(35)26-12(4-3-7-25-21(23)24)18(34)27-13(20(36)37)5-6-15(29)30/h10-14H,3-9,22H2,1-2H3,(H,26,35)(H,27,34)(H,28,33)(H,29,30)(H,31,32)(H,36,37)(H4,23,24,25). The number of amides is 3. The summed E-state index contributed by atoms with van der Waals surface area (Å²) in [7, 11) is 0. The summed E-state index contributed by atoms with van der Waals surface area (Å²) in [4.78, 5) is 75.1. The molecule has 0 bridgehead atoms. The zero-order valence-corrected chi connectivity index (χ0v) is 20.8. The van der Waals surface area contributed by atoms with Crippen LogP contribution in [0.1, 0.15) is 52.4 Å². The number of nitrogens with two attached hydrogens (primary N) is 3. The van der Waals surface area contributed by atoms with Gasteiger partial charge in [0.2, 0.25) is 17.7 Å². The molecule has 0 heterocycles. The zero-order chi connectivity index (χ0) is 28.7. The largest absolute Gasteiger partial charge is 0.481 e. The predicted octanol–water partition coefficient (Wildman–Crippen LogP) is -2.71. The van der Waals surface area contributed by atoms with Gasteiger partial charge in [-0.2, -0.15) is 0 Å². The number of carbonyl (C=O) groups is 6. The van der Waals surface area contributed by atoms with Gasteiger partial charge in [0, 0.05) is 13.0 Å². The highest BCUT2D eigenvalue weighted by molar-refractivity contribution is 5.94. The third-order valence-electron chi connectivity index (χ3n) is 4.91. The molecule has 0 aromatic carbocycles. The van der Waals surface area contributed by atoms with Crippen molar-refractivity contribution in [3.8, 4) is 0 Å². The van der Waals surface area contributed by atoms with Crippen molar-refractivity contribution in [3.05, 3.63) is 0 Å². The van der Waals surface area contributed by atoms with Crippen molar-refractivity contribution in [2.45, 2.75) is 76.5 Å². The van der Waals surface area contributed by atoms with Crippen molar-refractivity contribution in [2.24, 2.45) is 28.1 Å². The third-order valence-corrected chi connectivity index (χ3v) is 4.91. The van der Waals surface area contributed by atoms with Crippen molar-refractivity contribution in [2.75, 3.05) is 6.54 Å². The molecule has 4 atom stereocenters. The summed E-state index contributed by atoms with van der Waals surface area (Å²) >= 11 is 0. The molecule has 37 heavy (non-hydrogen) atoms. The normalized spacial score (nSPS) is 13.9. The Morgan fingerprint density at radius 2 is 1.32 bits per heavy atom. The van der Waals surface area contributed by atoms with Gasteiger partial charge in [-0.15, -0.1) is 0 Å². The Hall–Kier alpha value is -3.95. The first-order valence-corrected chi connectivity index (χ1v) is 11.5. The Labute approximate surface area is 213 Å². The Bertz CT molecular complexity index is 859. The lowest BCUT2D eigenvalue weighted by molar-refractivity contribution is -0.143. The number of aliphatic imine (C=N–C) groups is 1. The zero-order valence-electron chi connectivity index (χ0n) is 20.8. The quantitative estimate of drug-likeness (QED) is 0.0495. The molecule has 0 aliphatic heterocycles. The predicted molar refractivity (Wildman–Crippen MR) is 130 cm³/mol. The summed E-state index contributed by atoms with van der Waals surface area (Å²) in [6, 6.07) is -5.40. The van der Waals surface area contributed by atoms with Crippen LogP contribution in [0.3, 0.4) is 0 Å². The van der Waals surface area contributed by atoms with Crippen molar-refractivity contribution < 1.29 is 44.1 Å². The molecule has 0 spiro atoms. The monoisotopic (exact) mass is 531 g/mol. The van der Waals surface area contributed by atoms with Crippen LogP contribution in [0.15, 0.2) is 4.99 Å². The maximum atomic E-state index is 13.0. The van der Waals surface area contributed by atoms with E-state index in [4.69, 9.17) is 27.4 Å². The van der Waals surface area contributed by atoms with E-state index >= 15 is 0 Å². The van der Waals surface area contributed by atoms with Crippen molar-refractivity contribution in [1.29, 1.82) is 0 Å². The van der Waals surface area contributed by atoms with Gasteiger partial charge in [0.05, 0.1) is 12.5 Å². The molecule has 0 rings (SSSR count). The third kappa shape index (κ3) is 14.9. The van der Waals surface area contributed by atoms with E-state index in [1.165, 1.54) is 0 Å². The highest BCUT2D eigenvalue weighted by Crippen LogP contribution is 2.08. The van der Waals surface area contributed by atoms with E-state index in [-0.39, 0.29) is 37.7 Å². The fourth-order valence-corrected chi connectivity index (χ4v) is 3.10. The van der Waals surface area contributed by atoms with E-state index < -0.39 is 79.1 Å². The van der Waals surface area contributed by atoms with E-state index in [2.05, 4.69) is 20.9 Å². The van der Waals surface area contributed by atoms with E-state index in [9.17, 15) is 33.9 Å². The lowest BCUT2D eigenvalue weighted by atomic mass is 10.0. The summed E-state index contributed by atoms with van der Waals surface area (Å²) in [5.41, 5.74) is 16.1. The first-order chi connectivity index (χ1) is 17.1. The Morgan fingerprint density at radius 3 is 1.81 bits per heavy atom. The molecule has 16 heteroatoms. The number of aliphatic carboxylic acids is 3. The van der Waals surface area contributed by atoms with Gasteiger partial charge in [0.15, 0.2) is 5.96 Å². The van der Waals surface area contributed by atoms with Crippen LogP contribution in [0, 0.1) is 5.92 Å². The minimum absolute atomic E-state index is 0.0273. The van der Waals surface area contributed by atoms with Gasteiger partial charge in [-0.25, -0.2) is 4.79 Å².